The SMILES string of the molecule is c1ccc(-n2c3ccccc3c3cc(-c4ccc5c(c4)c4ccccc4n5-c4ccc(C5N=c6ccccc6=C(c6cccc7c6oc6ccccc67)N5)cc4)ccc32)cc1. The molecule has 1 unspecified atom stereocenters. The highest BCUT2D eigenvalue weighted by Gasteiger charge is 2.22. The number of hydrogen-bond donors (Lipinski definition) is 1. The van der Waals surface area contributed by atoms with Gasteiger partial charge >= 0.3 is 0 Å². The van der Waals surface area contributed by atoms with Gasteiger partial charge in [0.05, 0.1) is 33.1 Å². The van der Waals surface area contributed by atoms with Crippen LogP contribution in [0.5, 0.6) is 0 Å². The summed E-state index contributed by atoms with van der Waals surface area (Å²) in [4.78, 5) is 5.23. The minimum Gasteiger partial charge on any atom is -0.455 e. The lowest BCUT2D eigenvalue weighted by molar-refractivity contribution is 0.630. The molecule has 0 spiro atoms. The van der Waals surface area contributed by atoms with E-state index in [0.717, 1.165) is 55.0 Å². The maximum atomic E-state index is 6.51. The molecule has 13 rings (SSSR count). The van der Waals surface area contributed by atoms with Crippen LogP contribution in [0.15, 0.2) is 216 Å². The number of fused-ring (bicyclic) bond motifs is 10. The first-order chi connectivity index (χ1) is 30.2. The number of para-hydroxylation sites is 6. The van der Waals surface area contributed by atoms with Crippen molar-refractivity contribution < 1.29 is 4.42 Å². The molecule has 1 aliphatic heterocycles. The highest BCUT2D eigenvalue weighted by atomic mass is 16.3. The summed E-state index contributed by atoms with van der Waals surface area (Å²) < 4.78 is 11.3. The van der Waals surface area contributed by atoms with Crippen LogP contribution < -0.4 is 15.9 Å². The van der Waals surface area contributed by atoms with Crippen molar-refractivity contribution in [2.75, 3.05) is 0 Å². The largest absolute Gasteiger partial charge is 0.455 e. The number of nitrogens with zero attached hydrogens (tertiary/aromatic N) is 3. The van der Waals surface area contributed by atoms with Crippen LogP contribution in [0.3, 0.4) is 0 Å². The minimum atomic E-state index is -0.279. The summed E-state index contributed by atoms with van der Waals surface area (Å²) in [6.07, 6.45) is -0.279. The van der Waals surface area contributed by atoms with Crippen LogP contribution in [0.25, 0.3) is 93.7 Å². The lowest BCUT2D eigenvalue weighted by atomic mass is 10.0. The van der Waals surface area contributed by atoms with E-state index in [1.54, 1.807) is 0 Å². The second kappa shape index (κ2) is 13.2. The molecule has 12 aromatic rings. The summed E-state index contributed by atoms with van der Waals surface area (Å²) in [7, 11) is 0. The summed E-state index contributed by atoms with van der Waals surface area (Å²) in [5.74, 6) is 0. The molecule has 0 radical (unpaired) electrons. The molecule has 0 fully saturated rings. The predicted molar refractivity (Wildman–Crippen MR) is 250 cm³/mol. The lowest BCUT2D eigenvalue weighted by Gasteiger charge is -2.23. The molecule has 0 saturated heterocycles. The fourth-order valence-corrected chi connectivity index (χ4v) is 9.75. The van der Waals surface area contributed by atoms with Gasteiger partial charge in [0, 0.05) is 54.5 Å². The van der Waals surface area contributed by atoms with Gasteiger partial charge in [-0.2, -0.15) is 0 Å². The monoisotopic (exact) mass is 780 g/mol. The Labute approximate surface area is 350 Å². The molecular weight excluding hydrogens is 745 g/mol. The maximum absolute atomic E-state index is 6.51. The molecule has 5 nitrogen and oxygen atoms in total. The summed E-state index contributed by atoms with van der Waals surface area (Å²) in [6.45, 7) is 0. The Morgan fingerprint density at radius 2 is 0.984 bits per heavy atom. The van der Waals surface area contributed by atoms with E-state index in [-0.39, 0.29) is 6.17 Å². The van der Waals surface area contributed by atoms with E-state index < -0.39 is 0 Å². The third-order valence-corrected chi connectivity index (χ3v) is 12.6. The average Bonchev–Trinajstić information content (AvgIpc) is 3.99. The van der Waals surface area contributed by atoms with E-state index in [2.05, 4.69) is 209 Å². The molecule has 5 heteroatoms. The molecule has 3 aromatic heterocycles. The average molecular weight is 781 g/mol. The van der Waals surface area contributed by atoms with E-state index in [4.69, 9.17) is 9.41 Å². The molecular formula is C56H36N4O. The Kier molecular flexibility index (Phi) is 7.30. The number of rotatable bonds is 5. The number of hydrogen-bond acceptors (Lipinski definition) is 3. The topological polar surface area (TPSA) is 47.4 Å². The van der Waals surface area contributed by atoms with Gasteiger partial charge in [0.25, 0.3) is 0 Å². The fraction of sp³-hybridized carbons (Fsp3) is 0.0179. The van der Waals surface area contributed by atoms with Crippen molar-refractivity contribution in [1.29, 1.82) is 0 Å². The first-order valence-electron chi connectivity index (χ1n) is 20.8. The van der Waals surface area contributed by atoms with E-state index >= 15 is 0 Å². The van der Waals surface area contributed by atoms with E-state index in [1.807, 2.05) is 12.1 Å². The van der Waals surface area contributed by atoms with E-state index in [1.165, 1.54) is 60.4 Å². The molecule has 1 aliphatic rings. The van der Waals surface area contributed by atoms with Gasteiger partial charge in [-0.25, -0.2) is 0 Å². The number of furan rings is 1. The highest BCUT2D eigenvalue weighted by molar-refractivity contribution is 6.13. The molecule has 0 bridgehead atoms. The highest BCUT2D eigenvalue weighted by Crippen LogP contribution is 2.39. The zero-order valence-corrected chi connectivity index (χ0v) is 33.0. The molecule has 0 saturated carbocycles. The third-order valence-electron chi connectivity index (χ3n) is 12.6. The van der Waals surface area contributed by atoms with Crippen molar-refractivity contribution in [2.24, 2.45) is 4.99 Å². The Bertz CT molecular complexity index is 3850. The standard InChI is InChI=1S/C56H36N4O/c1-2-13-38(14-3-1)59-49-22-9-5-15-40(49)46-33-36(27-31-51(46)59)37-28-32-52-47(34-37)41-16-6-10-23-50(41)60(52)39-29-25-35(26-30-39)56-57-48-21-8-4-18-44(48)54(58-56)45-20-12-19-43-42-17-7-11-24-53(42)61-55(43)45/h1-34,56,58H. The van der Waals surface area contributed by atoms with Crippen molar-refractivity contribution in [3.63, 3.8) is 0 Å². The number of nitrogens with one attached hydrogen (secondary N) is 1. The molecule has 1 atom stereocenters. The lowest BCUT2D eigenvalue weighted by Crippen LogP contribution is -2.39. The van der Waals surface area contributed by atoms with Crippen molar-refractivity contribution in [1.82, 2.24) is 14.5 Å². The number of aromatic nitrogens is 2. The van der Waals surface area contributed by atoms with E-state index in [0.29, 0.717) is 0 Å². The van der Waals surface area contributed by atoms with Gasteiger partial charge in [-0.05, 0) is 95.6 Å². The Hall–Kier alpha value is -8.15. The second-order valence-electron chi connectivity index (χ2n) is 15.9. The van der Waals surface area contributed by atoms with E-state index in [9.17, 15) is 0 Å². The third kappa shape index (κ3) is 5.17. The Morgan fingerprint density at radius 1 is 0.426 bits per heavy atom. The summed E-state index contributed by atoms with van der Waals surface area (Å²) in [5, 5.41) is 13.0. The zero-order valence-electron chi connectivity index (χ0n) is 33.0. The summed E-state index contributed by atoms with van der Waals surface area (Å²) in [6, 6.07) is 73.8. The molecule has 9 aromatic carbocycles. The second-order valence-corrected chi connectivity index (χ2v) is 15.9. The first-order valence-corrected chi connectivity index (χ1v) is 20.8. The van der Waals surface area contributed by atoms with Crippen LogP contribution in [0.4, 0.5) is 0 Å². The molecule has 1 N–H and O–H groups in total. The van der Waals surface area contributed by atoms with Gasteiger partial charge in [-0.1, -0.05) is 127 Å². The van der Waals surface area contributed by atoms with Gasteiger partial charge in [0.2, 0.25) is 0 Å². The first kappa shape index (κ1) is 33.8. The van der Waals surface area contributed by atoms with Gasteiger partial charge in [-0.15, -0.1) is 0 Å². The summed E-state index contributed by atoms with van der Waals surface area (Å²) >= 11 is 0. The Balaban J connectivity index is 0.887. The molecule has 0 aliphatic carbocycles. The van der Waals surface area contributed by atoms with Gasteiger partial charge < -0.3 is 18.9 Å². The van der Waals surface area contributed by atoms with Gasteiger partial charge in [-0.3, -0.25) is 4.99 Å². The maximum Gasteiger partial charge on any atom is 0.145 e. The molecule has 286 valence electrons. The quantitative estimate of drug-likeness (QED) is 0.189. The van der Waals surface area contributed by atoms with Crippen molar-refractivity contribution >= 4 is 71.2 Å². The van der Waals surface area contributed by atoms with Crippen molar-refractivity contribution in [3.8, 4) is 22.5 Å². The van der Waals surface area contributed by atoms with Gasteiger partial charge in [0.1, 0.15) is 17.3 Å². The fourth-order valence-electron chi connectivity index (χ4n) is 9.75. The van der Waals surface area contributed by atoms with Crippen LogP contribution >= 0.6 is 0 Å². The van der Waals surface area contributed by atoms with Crippen molar-refractivity contribution in [3.05, 3.63) is 228 Å². The van der Waals surface area contributed by atoms with Crippen LogP contribution in [-0.4, -0.2) is 9.13 Å². The molecule has 61 heavy (non-hydrogen) atoms. The minimum absolute atomic E-state index is 0.279. The van der Waals surface area contributed by atoms with Crippen LogP contribution in [0.2, 0.25) is 0 Å². The van der Waals surface area contributed by atoms with Crippen LogP contribution in [0, 0.1) is 0 Å². The summed E-state index contributed by atoms with van der Waals surface area (Å²) in [5.41, 5.74) is 14.3. The number of benzene rings is 9. The predicted octanol–water partition coefficient (Wildman–Crippen LogP) is 12.5. The molecule has 0 amide bonds. The normalized spacial score (nSPS) is 14.0. The van der Waals surface area contributed by atoms with Gasteiger partial charge in [0.15, 0.2) is 0 Å². The van der Waals surface area contributed by atoms with Crippen LogP contribution in [-0.2, 0) is 0 Å². The Morgan fingerprint density at radius 3 is 1.69 bits per heavy atom. The van der Waals surface area contributed by atoms with Crippen molar-refractivity contribution in [2.45, 2.75) is 6.17 Å². The zero-order chi connectivity index (χ0) is 40.0. The molecule has 4 heterocycles. The smallest absolute Gasteiger partial charge is 0.145 e. The van der Waals surface area contributed by atoms with Crippen LogP contribution in [0.1, 0.15) is 17.3 Å².